The molecule has 0 spiro atoms. The van der Waals surface area contributed by atoms with Crippen LogP contribution in [0.5, 0.6) is 11.5 Å². The SMILES string of the molecule is COc1cccc(C=NCC(=O)Nc2ccc(F)c(F)c2F)c1O. The number of nitrogens with one attached hydrogen (secondary N) is 1. The van der Waals surface area contributed by atoms with E-state index in [0.717, 1.165) is 6.07 Å². The van der Waals surface area contributed by atoms with Crippen LogP contribution in [0.3, 0.4) is 0 Å². The Balaban J connectivity index is 2.03. The predicted octanol–water partition coefficient (Wildman–Crippen LogP) is 2.88. The van der Waals surface area contributed by atoms with Gasteiger partial charge in [-0.25, -0.2) is 13.2 Å². The van der Waals surface area contributed by atoms with Crippen molar-refractivity contribution in [2.75, 3.05) is 19.0 Å². The maximum atomic E-state index is 13.4. The van der Waals surface area contributed by atoms with Gasteiger partial charge in [0.25, 0.3) is 0 Å². The molecule has 0 fully saturated rings. The molecular formula is C16H13F3N2O3. The molecule has 1 amide bonds. The minimum absolute atomic E-state index is 0.143. The highest BCUT2D eigenvalue weighted by Crippen LogP contribution is 2.28. The fraction of sp³-hybridized carbons (Fsp3) is 0.125. The number of hydrogen-bond acceptors (Lipinski definition) is 4. The molecular weight excluding hydrogens is 325 g/mol. The molecule has 2 aromatic rings. The van der Waals surface area contributed by atoms with Crippen molar-refractivity contribution in [1.82, 2.24) is 0 Å². The first-order valence-corrected chi connectivity index (χ1v) is 6.73. The van der Waals surface area contributed by atoms with Gasteiger partial charge >= 0.3 is 0 Å². The summed E-state index contributed by atoms with van der Waals surface area (Å²) < 4.78 is 44.2. The second-order valence-corrected chi connectivity index (χ2v) is 4.64. The molecule has 0 atom stereocenters. The highest BCUT2D eigenvalue weighted by atomic mass is 19.2. The zero-order valence-corrected chi connectivity index (χ0v) is 12.5. The second-order valence-electron chi connectivity index (χ2n) is 4.64. The number of methoxy groups -OCH3 is 1. The summed E-state index contributed by atoms with van der Waals surface area (Å²) in [6.45, 7) is -0.408. The molecule has 126 valence electrons. The lowest BCUT2D eigenvalue weighted by molar-refractivity contribution is -0.114. The summed E-state index contributed by atoms with van der Waals surface area (Å²) in [5.74, 6) is -5.14. The number of anilines is 1. The lowest BCUT2D eigenvalue weighted by atomic mass is 10.2. The predicted molar refractivity (Wildman–Crippen MR) is 82.1 cm³/mol. The van der Waals surface area contributed by atoms with E-state index in [1.54, 1.807) is 18.2 Å². The van der Waals surface area contributed by atoms with E-state index in [1.807, 2.05) is 0 Å². The maximum absolute atomic E-state index is 13.4. The van der Waals surface area contributed by atoms with E-state index < -0.39 is 35.6 Å². The van der Waals surface area contributed by atoms with E-state index >= 15 is 0 Å². The van der Waals surface area contributed by atoms with Crippen LogP contribution >= 0.6 is 0 Å². The molecule has 0 aliphatic carbocycles. The van der Waals surface area contributed by atoms with Crippen LogP contribution < -0.4 is 10.1 Å². The first-order chi connectivity index (χ1) is 11.4. The molecule has 2 rings (SSSR count). The molecule has 2 aromatic carbocycles. The molecule has 0 aliphatic heterocycles. The van der Waals surface area contributed by atoms with Gasteiger partial charge in [0.2, 0.25) is 5.91 Å². The van der Waals surface area contributed by atoms with Crippen LogP contribution in [0.1, 0.15) is 5.56 Å². The molecule has 0 bridgehead atoms. The number of benzene rings is 2. The third-order valence-electron chi connectivity index (χ3n) is 3.02. The van der Waals surface area contributed by atoms with Crippen LogP contribution in [-0.2, 0) is 4.79 Å². The lowest BCUT2D eigenvalue weighted by Gasteiger charge is -2.06. The van der Waals surface area contributed by atoms with E-state index in [2.05, 4.69) is 10.3 Å². The Hall–Kier alpha value is -3.03. The maximum Gasteiger partial charge on any atom is 0.246 e. The van der Waals surface area contributed by atoms with Crippen molar-refractivity contribution in [3.63, 3.8) is 0 Å². The van der Waals surface area contributed by atoms with Gasteiger partial charge in [-0.2, -0.15) is 0 Å². The second kappa shape index (κ2) is 7.49. The minimum Gasteiger partial charge on any atom is -0.504 e. The van der Waals surface area contributed by atoms with Gasteiger partial charge in [-0.05, 0) is 24.3 Å². The van der Waals surface area contributed by atoms with Crippen molar-refractivity contribution in [1.29, 1.82) is 0 Å². The Kier molecular flexibility index (Phi) is 5.41. The number of halogens is 3. The molecule has 0 unspecified atom stereocenters. The van der Waals surface area contributed by atoms with Gasteiger partial charge in [0.15, 0.2) is 29.0 Å². The summed E-state index contributed by atoms with van der Waals surface area (Å²) in [5, 5.41) is 11.9. The van der Waals surface area contributed by atoms with Gasteiger partial charge in [0, 0.05) is 11.8 Å². The number of aromatic hydroxyl groups is 1. The highest BCUT2D eigenvalue weighted by molar-refractivity contribution is 5.94. The fourth-order valence-electron chi connectivity index (χ4n) is 1.85. The number of carbonyl (C=O) groups excluding carboxylic acids is 1. The average molecular weight is 338 g/mol. The topological polar surface area (TPSA) is 70.9 Å². The monoisotopic (exact) mass is 338 g/mol. The van der Waals surface area contributed by atoms with Gasteiger partial charge in [-0.1, -0.05) is 6.07 Å². The summed E-state index contributed by atoms with van der Waals surface area (Å²) in [6, 6.07) is 6.32. The zero-order chi connectivity index (χ0) is 17.7. The number of phenols is 1. The van der Waals surface area contributed by atoms with Crippen LogP contribution in [0.2, 0.25) is 0 Å². The first-order valence-electron chi connectivity index (χ1n) is 6.73. The number of amides is 1. The standard InChI is InChI=1S/C16H13F3N2O3/c1-24-12-4-2-3-9(16(12)23)7-20-8-13(22)21-11-6-5-10(17)14(18)15(11)19/h2-7,23H,8H2,1H3,(H,21,22). The van der Waals surface area contributed by atoms with E-state index in [9.17, 15) is 23.1 Å². The smallest absolute Gasteiger partial charge is 0.246 e. The molecule has 0 heterocycles. The van der Waals surface area contributed by atoms with Gasteiger partial charge in [-0.3, -0.25) is 9.79 Å². The number of rotatable bonds is 5. The lowest BCUT2D eigenvalue weighted by Crippen LogP contribution is -2.16. The molecule has 0 saturated heterocycles. The van der Waals surface area contributed by atoms with Crippen LogP contribution in [0, 0.1) is 17.5 Å². The van der Waals surface area contributed by atoms with E-state index in [-0.39, 0.29) is 11.5 Å². The van der Waals surface area contributed by atoms with E-state index in [1.165, 1.54) is 13.3 Å². The molecule has 0 aliphatic rings. The van der Waals surface area contributed by atoms with E-state index in [4.69, 9.17) is 4.74 Å². The Morgan fingerprint density at radius 3 is 2.71 bits per heavy atom. The van der Waals surface area contributed by atoms with Gasteiger partial charge < -0.3 is 15.2 Å². The van der Waals surface area contributed by atoms with Crippen molar-refractivity contribution in [2.24, 2.45) is 4.99 Å². The number of ether oxygens (including phenoxy) is 1. The third kappa shape index (κ3) is 3.83. The number of nitrogens with zero attached hydrogens (tertiary/aromatic N) is 1. The van der Waals surface area contributed by atoms with E-state index in [0.29, 0.717) is 11.6 Å². The summed E-state index contributed by atoms with van der Waals surface area (Å²) in [7, 11) is 1.39. The molecule has 8 heteroatoms. The minimum atomic E-state index is -1.67. The average Bonchev–Trinajstić information content (AvgIpc) is 2.57. The van der Waals surface area contributed by atoms with Gasteiger partial charge in [-0.15, -0.1) is 0 Å². The summed E-state index contributed by atoms with van der Waals surface area (Å²) in [4.78, 5) is 15.5. The molecule has 0 aromatic heterocycles. The Labute approximate surface area is 135 Å². The van der Waals surface area contributed by atoms with Crippen LogP contribution in [0.4, 0.5) is 18.9 Å². The summed E-state index contributed by atoms with van der Waals surface area (Å²) in [5.41, 5.74) is -0.167. The quantitative estimate of drug-likeness (QED) is 0.650. The first kappa shape index (κ1) is 17.3. The molecule has 24 heavy (non-hydrogen) atoms. The molecule has 2 N–H and O–H groups in total. The van der Waals surface area contributed by atoms with Crippen LogP contribution in [0.25, 0.3) is 0 Å². The Morgan fingerprint density at radius 2 is 2.00 bits per heavy atom. The van der Waals surface area contributed by atoms with Crippen molar-refractivity contribution in [2.45, 2.75) is 0 Å². The van der Waals surface area contributed by atoms with Crippen LogP contribution in [0.15, 0.2) is 35.3 Å². The van der Waals surface area contributed by atoms with Crippen molar-refractivity contribution in [3.05, 3.63) is 53.3 Å². The van der Waals surface area contributed by atoms with Crippen molar-refractivity contribution < 1.29 is 27.8 Å². The van der Waals surface area contributed by atoms with Gasteiger partial charge in [0.1, 0.15) is 6.54 Å². The van der Waals surface area contributed by atoms with Gasteiger partial charge in [0.05, 0.1) is 12.8 Å². The van der Waals surface area contributed by atoms with Crippen molar-refractivity contribution >= 4 is 17.8 Å². The summed E-state index contributed by atoms with van der Waals surface area (Å²) >= 11 is 0. The number of carbonyl (C=O) groups is 1. The Bertz CT molecular complexity index is 794. The Morgan fingerprint density at radius 1 is 1.25 bits per heavy atom. The largest absolute Gasteiger partial charge is 0.504 e. The fourth-order valence-corrected chi connectivity index (χ4v) is 1.85. The van der Waals surface area contributed by atoms with Crippen molar-refractivity contribution in [3.8, 4) is 11.5 Å². The number of hydrogen-bond donors (Lipinski definition) is 2. The molecule has 5 nitrogen and oxygen atoms in total. The number of para-hydroxylation sites is 1. The number of aliphatic imine (C=N–C) groups is 1. The molecule has 0 radical (unpaired) electrons. The molecule has 0 saturated carbocycles. The number of phenolic OH excluding ortho intramolecular Hbond substituents is 1. The highest BCUT2D eigenvalue weighted by Gasteiger charge is 2.14. The third-order valence-corrected chi connectivity index (χ3v) is 3.02. The summed E-state index contributed by atoms with van der Waals surface area (Å²) in [6.07, 6.45) is 1.24. The normalized spacial score (nSPS) is 10.8. The zero-order valence-electron chi connectivity index (χ0n) is 12.5. The van der Waals surface area contributed by atoms with Crippen LogP contribution in [-0.4, -0.2) is 30.9 Å².